The molecule has 0 aromatic carbocycles. The Balaban J connectivity index is 1.87. The van der Waals surface area contributed by atoms with Crippen LogP contribution in [0.4, 0.5) is 0 Å². The number of carboxylic acids is 1. The van der Waals surface area contributed by atoms with Crippen LogP contribution in [0.1, 0.15) is 24.0 Å². The third-order valence-electron chi connectivity index (χ3n) is 4.05. The van der Waals surface area contributed by atoms with Crippen LogP contribution in [0.2, 0.25) is 0 Å². The number of aryl methyl sites for hydroxylation is 2. The highest BCUT2D eigenvalue weighted by molar-refractivity contribution is 9.11. The topological polar surface area (TPSA) is 63.6 Å². The van der Waals surface area contributed by atoms with Crippen molar-refractivity contribution in [1.82, 2.24) is 0 Å². The van der Waals surface area contributed by atoms with Crippen molar-refractivity contribution in [2.45, 2.75) is 25.7 Å². The third-order valence-corrected chi connectivity index (χ3v) is 8.85. The van der Waals surface area contributed by atoms with E-state index in [0.717, 1.165) is 38.2 Å². The summed E-state index contributed by atoms with van der Waals surface area (Å²) in [6.45, 7) is 0. The second-order valence-corrected chi connectivity index (χ2v) is 11.9. The fourth-order valence-electron chi connectivity index (χ4n) is 2.74. The predicted molar refractivity (Wildman–Crippen MR) is 123 cm³/mol. The van der Waals surface area contributed by atoms with E-state index in [-0.39, 0.29) is 12.4 Å². The van der Waals surface area contributed by atoms with Gasteiger partial charge in [0.25, 0.3) is 0 Å². The first kappa shape index (κ1) is 21.7. The summed E-state index contributed by atoms with van der Waals surface area (Å²) in [6, 6.07) is 8.24. The van der Waals surface area contributed by atoms with E-state index in [1.165, 1.54) is 7.11 Å². The average molecular weight is 564 g/mol. The second-order valence-electron chi connectivity index (χ2n) is 5.94. The molecule has 3 heterocycles. The average Bonchev–Trinajstić information content (AvgIpc) is 3.35. The number of rotatable bonds is 8. The van der Waals surface area contributed by atoms with Crippen LogP contribution in [0.25, 0.3) is 19.5 Å². The zero-order chi connectivity index (χ0) is 20.3. The summed E-state index contributed by atoms with van der Waals surface area (Å²) < 4.78 is 6.77. The second kappa shape index (κ2) is 9.67. The van der Waals surface area contributed by atoms with Crippen molar-refractivity contribution >= 4 is 77.8 Å². The number of hydrogen-bond donors (Lipinski definition) is 1. The molecule has 148 valence electrons. The standard InChI is InChI=1S/C19H16Br2O4S3/c1-25-17(24)7-3-11-9-15(21)28-19(11)13-5-4-12(26-13)18-10(2-6-16(22)23)8-14(20)27-18/h4-5,8-9H,2-3,6-7H2,1H3,(H,22,23). The van der Waals surface area contributed by atoms with Gasteiger partial charge >= 0.3 is 11.9 Å². The van der Waals surface area contributed by atoms with E-state index in [2.05, 4.69) is 50.1 Å². The Morgan fingerprint density at radius 2 is 1.43 bits per heavy atom. The van der Waals surface area contributed by atoms with E-state index in [0.29, 0.717) is 19.3 Å². The first-order chi connectivity index (χ1) is 13.4. The number of carbonyl (C=O) groups excluding carboxylic acids is 1. The van der Waals surface area contributed by atoms with E-state index in [4.69, 9.17) is 9.84 Å². The minimum atomic E-state index is -0.793. The van der Waals surface area contributed by atoms with Crippen LogP contribution in [0, 0.1) is 0 Å². The summed E-state index contributed by atoms with van der Waals surface area (Å²) >= 11 is 12.0. The lowest BCUT2D eigenvalue weighted by molar-refractivity contribution is -0.140. The molecule has 0 atom stereocenters. The molecule has 0 aliphatic carbocycles. The van der Waals surface area contributed by atoms with E-state index in [1.54, 1.807) is 34.0 Å². The molecule has 0 bridgehead atoms. The van der Waals surface area contributed by atoms with Crippen molar-refractivity contribution in [3.05, 3.63) is 43.0 Å². The number of carboxylic acid groups (broad SMARTS) is 1. The Labute approximate surface area is 191 Å². The Hall–Kier alpha value is -1.00. The van der Waals surface area contributed by atoms with Gasteiger partial charge in [0.2, 0.25) is 0 Å². The van der Waals surface area contributed by atoms with Crippen molar-refractivity contribution in [2.24, 2.45) is 0 Å². The summed E-state index contributed by atoms with van der Waals surface area (Å²) in [7, 11) is 1.40. The highest BCUT2D eigenvalue weighted by Gasteiger charge is 2.17. The summed E-state index contributed by atoms with van der Waals surface area (Å²) in [5.74, 6) is -1.01. The molecule has 0 aliphatic heterocycles. The molecule has 3 aromatic rings. The molecule has 0 aliphatic rings. The van der Waals surface area contributed by atoms with Gasteiger partial charge in [-0.05, 0) is 80.1 Å². The van der Waals surface area contributed by atoms with Crippen LogP contribution in [0.5, 0.6) is 0 Å². The van der Waals surface area contributed by atoms with Crippen LogP contribution in [-0.4, -0.2) is 24.2 Å². The number of ether oxygens (including phenoxy) is 1. The van der Waals surface area contributed by atoms with Crippen molar-refractivity contribution < 1.29 is 19.4 Å². The molecule has 0 saturated heterocycles. The van der Waals surface area contributed by atoms with Gasteiger partial charge in [-0.2, -0.15) is 0 Å². The first-order valence-corrected chi connectivity index (χ1v) is 12.4. The molecule has 9 heteroatoms. The Bertz CT molecular complexity index is 1000. The van der Waals surface area contributed by atoms with E-state index in [9.17, 15) is 9.59 Å². The monoisotopic (exact) mass is 562 g/mol. The number of esters is 1. The fraction of sp³-hybridized carbons (Fsp3) is 0.263. The minimum absolute atomic E-state index is 0.115. The van der Waals surface area contributed by atoms with Crippen LogP contribution in [0.3, 0.4) is 0 Å². The molecule has 28 heavy (non-hydrogen) atoms. The van der Waals surface area contributed by atoms with Crippen molar-refractivity contribution in [3.8, 4) is 19.5 Å². The summed E-state index contributed by atoms with van der Waals surface area (Å²) in [4.78, 5) is 27.0. The Morgan fingerprint density at radius 3 is 1.89 bits per heavy atom. The number of methoxy groups -OCH3 is 1. The highest BCUT2D eigenvalue weighted by Crippen LogP contribution is 2.45. The SMILES string of the molecule is COC(=O)CCc1cc(Br)sc1-c1ccc(-c2sc(Br)cc2CCC(=O)O)s1. The van der Waals surface area contributed by atoms with Crippen LogP contribution < -0.4 is 0 Å². The predicted octanol–water partition coefficient (Wildman–Crippen LogP) is 6.85. The van der Waals surface area contributed by atoms with Gasteiger partial charge in [-0.25, -0.2) is 0 Å². The lowest BCUT2D eigenvalue weighted by Crippen LogP contribution is -2.01. The highest BCUT2D eigenvalue weighted by atomic mass is 79.9. The largest absolute Gasteiger partial charge is 0.481 e. The number of carbonyl (C=O) groups is 2. The molecule has 0 fully saturated rings. The Kier molecular flexibility index (Phi) is 7.49. The molecular weight excluding hydrogens is 548 g/mol. The molecule has 0 amide bonds. The molecule has 0 saturated carbocycles. The molecular formula is C19H16Br2O4S3. The molecule has 3 aromatic heterocycles. The van der Waals surface area contributed by atoms with Crippen molar-refractivity contribution in [1.29, 1.82) is 0 Å². The van der Waals surface area contributed by atoms with Crippen LogP contribution in [0.15, 0.2) is 31.8 Å². The zero-order valence-electron chi connectivity index (χ0n) is 14.8. The quantitative estimate of drug-likeness (QED) is 0.304. The van der Waals surface area contributed by atoms with Gasteiger partial charge in [0.15, 0.2) is 0 Å². The van der Waals surface area contributed by atoms with Gasteiger partial charge in [0.1, 0.15) is 0 Å². The van der Waals surface area contributed by atoms with Crippen LogP contribution in [-0.2, 0) is 27.2 Å². The van der Waals surface area contributed by atoms with Gasteiger partial charge < -0.3 is 9.84 Å². The van der Waals surface area contributed by atoms with Gasteiger partial charge in [0.05, 0.1) is 14.7 Å². The Morgan fingerprint density at radius 1 is 0.929 bits per heavy atom. The molecule has 0 unspecified atom stereocenters. The summed E-state index contributed by atoms with van der Waals surface area (Å²) in [6.07, 6.45) is 1.60. The molecule has 3 rings (SSSR count). The fourth-order valence-corrected chi connectivity index (χ4v) is 7.44. The maximum atomic E-state index is 11.5. The van der Waals surface area contributed by atoms with Crippen molar-refractivity contribution in [3.63, 3.8) is 0 Å². The number of aliphatic carboxylic acids is 1. The van der Waals surface area contributed by atoms with Gasteiger partial charge in [-0.3, -0.25) is 9.59 Å². The number of hydrogen-bond acceptors (Lipinski definition) is 6. The van der Waals surface area contributed by atoms with E-state index >= 15 is 0 Å². The smallest absolute Gasteiger partial charge is 0.305 e. The van der Waals surface area contributed by atoms with Crippen LogP contribution >= 0.6 is 65.9 Å². The molecule has 0 radical (unpaired) electrons. The molecule has 4 nitrogen and oxygen atoms in total. The normalized spacial score (nSPS) is 11.0. The summed E-state index contributed by atoms with van der Waals surface area (Å²) in [5, 5.41) is 8.99. The van der Waals surface area contributed by atoms with E-state index in [1.807, 2.05) is 6.07 Å². The maximum Gasteiger partial charge on any atom is 0.305 e. The maximum absolute atomic E-state index is 11.5. The summed E-state index contributed by atoms with van der Waals surface area (Å²) in [5.41, 5.74) is 2.17. The molecule has 1 N–H and O–H groups in total. The first-order valence-electron chi connectivity index (χ1n) is 8.33. The lowest BCUT2D eigenvalue weighted by atomic mass is 10.1. The van der Waals surface area contributed by atoms with Crippen molar-refractivity contribution in [2.75, 3.05) is 7.11 Å². The van der Waals surface area contributed by atoms with E-state index < -0.39 is 5.97 Å². The van der Waals surface area contributed by atoms with Gasteiger partial charge in [-0.15, -0.1) is 34.0 Å². The molecule has 0 spiro atoms. The zero-order valence-corrected chi connectivity index (χ0v) is 20.4. The van der Waals surface area contributed by atoms with Gasteiger partial charge in [0, 0.05) is 32.4 Å². The lowest BCUT2D eigenvalue weighted by Gasteiger charge is -2.02. The number of thiophene rings is 3. The third kappa shape index (κ3) is 5.33. The number of halogens is 2. The van der Waals surface area contributed by atoms with Gasteiger partial charge in [-0.1, -0.05) is 0 Å². The minimum Gasteiger partial charge on any atom is -0.481 e.